The number of hydrogen-bond donors (Lipinski definition) is 0. The van der Waals surface area contributed by atoms with Crippen LogP contribution in [-0.4, -0.2) is 55.0 Å². The minimum absolute atomic E-state index is 0.0621. The van der Waals surface area contributed by atoms with Crippen molar-refractivity contribution in [1.29, 1.82) is 0 Å². The number of carbonyl (C=O) groups excluding carboxylic acids is 2. The van der Waals surface area contributed by atoms with E-state index in [9.17, 15) is 40.3 Å². The van der Waals surface area contributed by atoms with Crippen LogP contribution in [0.4, 0.5) is 30.7 Å². The molecule has 0 rings (SSSR count). The van der Waals surface area contributed by atoms with Crippen molar-refractivity contribution in [2.24, 2.45) is 0 Å². The van der Waals surface area contributed by atoms with Gasteiger partial charge in [0.25, 0.3) is 5.91 Å². The van der Waals surface area contributed by atoms with Gasteiger partial charge in [-0.25, -0.2) is 0 Å². The third kappa shape index (κ3) is 10.4. The summed E-state index contributed by atoms with van der Waals surface area (Å²) in [6.07, 6.45) is 6.35. The highest BCUT2D eigenvalue weighted by Crippen LogP contribution is 2.47. The van der Waals surface area contributed by atoms with E-state index in [2.05, 4.69) is 6.92 Å². The van der Waals surface area contributed by atoms with Gasteiger partial charge in [-0.2, -0.15) is 30.7 Å². The van der Waals surface area contributed by atoms with E-state index in [1.54, 1.807) is 0 Å². The smallest absolute Gasteiger partial charge is 0.460 e. The minimum Gasteiger partial charge on any atom is -0.464 e. The Morgan fingerprint density at radius 3 is 1.53 bits per heavy atom. The van der Waals surface area contributed by atoms with Crippen molar-refractivity contribution in [3.8, 4) is 0 Å². The van der Waals surface area contributed by atoms with Crippen LogP contribution in [0.5, 0.6) is 0 Å². The summed E-state index contributed by atoms with van der Waals surface area (Å²) in [6.45, 7) is 0.946. The zero-order valence-electron chi connectivity index (χ0n) is 18.7. The molecule has 0 atom stereocenters. The molecular formula is C21H34F7NO3. The number of nitrogens with zero attached hydrogens (tertiary/aromatic N) is 1. The monoisotopic (exact) mass is 481 g/mol. The molecule has 0 spiro atoms. The van der Waals surface area contributed by atoms with Crippen molar-refractivity contribution < 1.29 is 45.1 Å². The Kier molecular flexibility index (Phi) is 13.9. The summed E-state index contributed by atoms with van der Waals surface area (Å²) in [7, 11) is 0.522. The van der Waals surface area contributed by atoms with Gasteiger partial charge in [-0.05, 0) is 6.42 Å². The van der Waals surface area contributed by atoms with Gasteiger partial charge in [0.15, 0.2) is 0 Å². The van der Waals surface area contributed by atoms with Gasteiger partial charge in [-0.15, -0.1) is 0 Å². The molecule has 0 aliphatic rings. The maximum absolute atomic E-state index is 13.4. The molecule has 0 fully saturated rings. The number of hydrogen-bond acceptors (Lipinski definition) is 3. The van der Waals surface area contributed by atoms with Crippen LogP contribution in [-0.2, 0) is 14.3 Å². The lowest BCUT2D eigenvalue weighted by Gasteiger charge is -2.29. The number of carbonyl (C=O) groups is 2. The normalized spacial score (nSPS) is 12.7. The van der Waals surface area contributed by atoms with Gasteiger partial charge < -0.3 is 9.64 Å². The van der Waals surface area contributed by atoms with Crippen molar-refractivity contribution in [2.75, 3.05) is 20.2 Å². The largest absolute Gasteiger partial charge is 0.464 e. The first-order valence-electron chi connectivity index (χ1n) is 11.0. The quantitative estimate of drug-likeness (QED) is 0.135. The highest BCUT2D eigenvalue weighted by Gasteiger charge is 2.76. The van der Waals surface area contributed by atoms with Crippen LogP contribution < -0.4 is 0 Å². The predicted octanol–water partition coefficient (Wildman–Crippen LogP) is 6.52. The molecule has 0 radical (unpaired) electrons. The molecule has 0 aliphatic heterocycles. The average molecular weight is 481 g/mol. The summed E-state index contributed by atoms with van der Waals surface area (Å²) >= 11 is 0. The second-order valence-corrected chi connectivity index (χ2v) is 7.92. The highest BCUT2D eigenvalue weighted by molar-refractivity contribution is 5.87. The summed E-state index contributed by atoms with van der Waals surface area (Å²) in [4.78, 5) is 22.7. The van der Waals surface area contributed by atoms with Crippen LogP contribution in [0.15, 0.2) is 0 Å². The second-order valence-electron chi connectivity index (χ2n) is 7.92. The summed E-state index contributed by atoms with van der Waals surface area (Å²) in [5, 5.41) is 0. The lowest BCUT2D eigenvalue weighted by Crippen LogP contribution is -2.60. The zero-order valence-corrected chi connectivity index (χ0v) is 18.7. The zero-order chi connectivity index (χ0) is 24.8. The molecule has 0 aliphatic carbocycles. The fourth-order valence-electron chi connectivity index (χ4n) is 2.99. The molecular weight excluding hydrogens is 447 g/mol. The van der Waals surface area contributed by atoms with Crippen LogP contribution in [0.2, 0.25) is 0 Å². The molecule has 11 heteroatoms. The molecule has 190 valence electrons. The van der Waals surface area contributed by atoms with Crippen LogP contribution >= 0.6 is 0 Å². The van der Waals surface area contributed by atoms with Crippen molar-refractivity contribution in [3.05, 3.63) is 0 Å². The Bertz CT molecular complexity index is 554. The molecule has 0 heterocycles. The molecule has 1 amide bonds. The summed E-state index contributed by atoms with van der Waals surface area (Å²) in [6, 6.07) is 0. The molecule has 0 bridgehead atoms. The van der Waals surface area contributed by atoms with Crippen LogP contribution in [0, 0.1) is 0 Å². The summed E-state index contributed by atoms with van der Waals surface area (Å²) in [5.41, 5.74) is 0. The SMILES string of the molecule is CCCCCCCCCCCCCCOC(=O)CN(C)C(=O)C(F)(F)C(F)(F)C(F)(F)F. The number of halogens is 7. The fraction of sp³-hybridized carbons (Fsp3) is 0.905. The Hall–Kier alpha value is -1.55. The van der Waals surface area contributed by atoms with Gasteiger partial charge in [0.1, 0.15) is 6.54 Å². The van der Waals surface area contributed by atoms with Gasteiger partial charge in [-0.3, -0.25) is 9.59 Å². The molecule has 0 N–H and O–H groups in total. The average Bonchev–Trinajstić information content (AvgIpc) is 2.69. The number of likely N-dealkylation sites (N-methyl/N-ethyl adjacent to an activating group) is 1. The van der Waals surface area contributed by atoms with Crippen molar-refractivity contribution in [2.45, 2.75) is 102 Å². The first-order chi connectivity index (χ1) is 14.8. The molecule has 32 heavy (non-hydrogen) atoms. The Morgan fingerprint density at radius 1 is 0.719 bits per heavy atom. The fourth-order valence-corrected chi connectivity index (χ4v) is 2.99. The summed E-state index contributed by atoms with van der Waals surface area (Å²) < 4.78 is 93.6. The Labute approximate surface area is 184 Å². The lowest BCUT2D eigenvalue weighted by atomic mass is 10.1. The number of unbranched alkanes of at least 4 members (excludes halogenated alkanes) is 11. The lowest BCUT2D eigenvalue weighted by molar-refractivity contribution is -0.345. The minimum atomic E-state index is -6.62. The van der Waals surface area contributed by atoms with E-state index < -0.39 is 36.4 Å². The molecule has 0 saturated carbocycles. The maximum Gasteiger partial charge on any atom is 0.460 e. The van der Waals surface area contributed by atoms with Crippen LogP contribution in [0.1, 0.15) is 84.0 Å². The highest BCUT2D eigenvalue weighted by atomic mass is 19.4. The second kappa shape index (κ2) is 14.6. The molecule has 4 nitrogen and oxygen atoms in total. The van der Waals surface area contributed by atoms with E-state index in [1.807, 2.05) is 0 Å². The van der Waals surface area contributed by atoms with Gasteiger partial charge >= 0.3 is 24.0 Å². The third-order valence-electron chi connectivity index (χ3n) is 4.99. The van der Waals surface area contributed by atoms with Crippen LogP contribution in [0.25, 0.3) is 0 Å². The predicted molar refractivity (Wildman–Crippen MR) is 106 cm³/mol. The van der Waals surface area contributed by atoms with Crippen LogP contribution in [0.3, 0.4) is 0 Å². The molecule has 0 aromatic rings. The Morgan fingerprint density at radius 2 is 1.12 bits per heavy atom. The van der Waals surface area contributed by atoms with Crippen molar-refractivity contribution in [1.82, 2.24) is 4.90 Å². The third-order valence-corrected chi connectivity index (χ3v) is 4.99. The van der Waals surface area contributed by atoms with Gasteiger partial charge in [0, 0.05) is 7.05 Å². The maximum atomic E-state index is 13.4. The topological polar surface area (TPSA) is 46.6 Å². The number of amides is 1. The molecule has 0 aromatic carbocycles. The Balaban J connectivity index is 4.00. The van der Waals surface area contributed by atoms with Gasteiger partial charge in [0.2, 0.25) is 0 Å². The molecule has 0 saturated heterocycles. The van der Waals surface area contributed by atoms with Crippen molar-refractivity contribution >= 4 is 11.9 Å². The number of alkyl halides is 7. The van der Waals surface area contributed by atoms with E-state index in [0.717, 1.165) is 25.7 Å². The van der Waals surface area contributed by atoms with Crippen molar-refractivity contribution in [3.63, 3.8) is 0 Å². The number of esters is 1. The van der Waals surface area contributed by atoms with E-state index in [1.165, 1.54) is 44.9 Å². The van der Waals surface area contributed by atoms with Gasteiger partial charge in [-0.1, -0.05) is 77.6 Å². The molecule has 0 unspecified atom stereocenters. The number of rotatable bonds is 17. The van der Waals surface area contributed by atoms with E-state index in [4.69, 9.17) is 4.74 Å². The summed E-state index contributed by atoms with van der Waals surface area (Å²) in [5.74, 6) is -16.6. The first kappa shape index (κ1) is 30.4. The number of ether oxygens (including phenoxy) is 1. The van der Waals surface area contributed by atoms with Gasteiger partial charge in [0.05, 0.1) is 6.61 Å². The standard InChI is InChI=1S/C21H34F7NO3/c1-3-4-5-6-7-8-9-10-11-12-13-14-15-32-17(30)16-29(2)18(31)19(22,23)20(24,25)21(26,27)28/h3-16H2,1-2H3. The van der Waals surface area contributed by atoms with E-state index in [0.29, 0.717) is 13.5 Å². The first-order valence-corrected chi connectivity index (χ1v) is 11.0. The van der Waals surface area contributed by atoms with E-state index >= 15 is 0 Å². The van der Waals surface area contributed by atoms with E-state index in [-0.39, 0.29) is 11.5 Å². The molecule has 0 aromatic heterocycles.